The average Bonchev–Trinajstić information content (AvgIpc) is 2.98. The van der Waals surface area contributed by atoms with Gasteiger partial charge in [-0.05, 0) is 6.42 Å². The fraction of sp³-hybridized carbons (Fsp3) is 0.714. The number of nitrogens with one attached hydrogen (secondary N) is 1. The number of carboxylic acid groups (broad SMARTS) is 1. The molecule has 5 nitrogen and oxygen atoms in total. The molecular weight excluding hydrogens is 246 g/mol. The number of unbranched alkanes of at least 4 members (excludes halogenated alkanes) is 3. The van der Waals surface area contributed by atoms with E-state index in [9.17, 15) is 14.7 Å². The molecule has 0 radical (unpaired) electrons. The van der Waals surface area contributed by atoms with Gasteiger partial charge in [0.15, 0.2) is 0 Å². The van der Waals surface area contributed by atoms with Gasteiger partial charge in [-0.2, -0.15) is 0 Å². The Balaban J connectivity index is 1.84. The minimum atomic E-state index is -0.956. The van der Waals surface area contributed by atoms with E-state index in [2.05, 4.69) is 12.2 Å². The van der Waals surface area contributed by atoms with E-state index < -0.39 is 23.9 Å². The Labute approximate surface area is 113 Å². The zero-order chi connectivity index (χ0) is 13.8. The van der Waals surface area contributed by atoms with Gasteiger partial charge in [-0.3, -0.25) is 9.59 Å². The Morgan fingerprint density at radius 3 is 2.47 bits per heavy atom. The second kappa shape index (κ2) is 6.19. The van der Waals surface area contributed by atoms with Crippen LogP contribution in [0.15, 0.2) is 12.2 Å². The zero-order valence-corrected chi connectivity index (χ0v) is 11.2. The predicted octanol–water partition coefficient (Wildman–Crippen LogP) is 1.34. The smallest absolute Gasteiger partial charge is 0.310 e. The Kier molecular flexibility index (Phi) is 4.58. The summed E-state index contributed by atoms with van der Waals surface area (Å²) in [6, 6.07) is 0. The highest BCUT2D eigenvalue weighted by atomic mass is 16.5. The number of ether oxygens (including phenoxy) is 1. The Morgan fingerprint density at radius 1 is 1.16 bits per heavy atom. The molecule has 2 heterocycles. The molecule has 1 saturated heterocycles. The summed E-state index contributed by atoms with van der Waals surface area (Å²) in [5.41, 5.74) is 0. The third-order valence-electron chi connectivity index (χ3n) is 3.82. The first-order valence-electron chi connectivity index (χ1n) is 6.99. The van der Waals surface area contributed by atoms with Crippen molar-refractivity contribution in [3.05, 3.63) is 12.2 Å². The molecule has 2 aliphatic rings. The number of hydrogen-bond acceptors (Lipinski definition) is 3. The molecule has 106 valence electrons. The van der Waals surface area contributed by atoms with Crippen molar-refractivity contribution in [3.63, 3.8) is 0 Å². The number of aliphatic carboxylic acids is 1. The van der Waals surface area contributed by atoms with Gasteiger partial charge >= 0.3 is 5.97 Å². The number of carboxylic acids is 1. The number of carbonyl (C=O) groups is 2. The molecule has 4 atom stereocenters. The molecule has 0 aromatic heterocycles. The molecule has 0 aliphatic carbocycles. The van der Waals surface area contributed by atoms with Gasteiger partial charge in [0.05, 0.1) is 18.1 Å². The summed E-state index contributed by atoms with van der Waals surface area (Å²) in [5.74, 6) is -2.48. The van der Waals surface area contributed by atoms with Crippen LogP contribution in [0, 0.1) is 11.8 Å². The molecule has 1 amide bonds. The van der Waals surface area contributed by atoms with E-state index in [0.29, 0.717) is 6.54 Å². The van der Waals surface area contributed by atoms with Crippen LogP contribution in [-0.2, 0) is 14.3 Å². The lowest BCUT2D eigenvalue weighted by Gasteiger charge is -2.20. The van der Waals surface area contributed by atoms with Crippen LogP contribution in [0.2, 0.25) is 0 Å². The van der Waals surface area contributed by atoms with E-state index in [1.165, 1.54) is 0 Å². The van der Waals surface area contributed by atoms with Crippen LogP contribution in [0.25, 0.3) is 0 Å². The molecule has 2 rings (SSSR count). The van der Waals surface area contributed by atoms with E-state index in [4.69, 9.17) is 4.74 Å². The fourth-order valence-corrected chi connectivity index (χ4v) is 2.80. The molecule has 2 aliphatic heterocycles. The monoisotopic (exact) mass is 267 g/mol. The molecule has 0 aromatic rings. The first-order valence-corrected chi connectivity index (χ1v) is 6.99. The maximum atomic E-state index is 12.1. The van der Waals surface area contributed by atoms with Crippen LogP contribution in [0.3, 0.4) is 0 Å². The highest BCUT2D eigenvalue weighted by molar-refractivity contribution is 5.87. The van der Waals surface area contributed by atoms with Gasteiger partial charge in [0.2, 0.25) is 5.91 Å². The predicted molar refractivity (Wildman–Crippen MR) is 69.6 cm³/mol. The summed E-state index contributed by atoms with van der Waals surface area (Å²) in [5, 5.41) is 12.0. The number of hydrogen-bond donors (Lipinski definition) is 2. The van der Waals surface area contributed by atoms with Crippen LogP contribution >= 0.6 is 0 Å². The van der Waals surface area contributed by atoms with Gasteiger partial charge < -0.3 is 15.2 Å². The second-order valence-electron chi connectivity index (χ2n) is 5.19. The van der Waals surface area contributed by atoms with Gasteiger partial charge in [0.1, 0.15) is 5.92 Å². The van der Waals surface area contributed by atoms with Gasteiger partial charge in [-0.25, -0.2) is 0 Å². The van der Waals surface area contributed by atoms with Crippen molar-refractivity contribution < 1.29 is 19.4 Å². The van der Waals surface area contributed by atoms with Crippen molar-refractivity contribution in [3.8, 4) is 0 Å². The molecule has 1 fully saturated rings. The highest BCUT2D eigenvalue weighted by Crippen LogP contribution is 2.39. The summed E-state index contributed by atoms with van der Waals surface area (Å²) >= 11 is 0. The van der Waals surface area contributed by atoms with Crippen LogP contribution in [0.4, 0.5) is 0 Å². The maximum absolute atomic E-state index is 12.1. The maximum Gasteiger partial charge on any atom is 0.310 e. The summed E-state index contributed by atoms with van der Waals surface area (Å²) < 4.78 is 5.47. The summed E-state index contributed by atoms with van der Waals surface area (Å²) in [6.45, 7) is 2.75. The Bertz CT molecular complexity index is 380. The molecule has 5 heteroatoms. The van der Waals surface area contributed by atoms with E-state index in [1.807, 2.05) is 0 Å². The lowest BCUT2D eigenvalue weighted by Crippen LogP contribution is -2.42. The molecular formula is C14H21NO4. The SMILES string of the molecule is CCCCCCNC(=O)[C@@H]1[C@@H](C(=O)O)[C@@H]2C=C[C@H]1O2. The van der Waals surface area contributed by atoms with Crippen molar-refractivity contribution in [1.82, 2.24) is 5.32 Å². The van der Waals surface area contributed by atoms with Crippen molar-refractivity contribution in [2.24, 2.45) is 11.8 Å². The van der Waals surface area contributed by atoms with Crippen LogP contribution in [0.1, 0.15) is 32.6 Å². The number of carbonyl (C=O) groups excluding carboxylic acids is 1. The van der Waals surface area contributed by atoms with Crippen molar-refractivity contribution in [2.75, 3.05) is 6.54 Å². The molecule has 2 N–H and O–H groups in total. The van der Waals surface area contributed by atoms with Crippen molar-refractivity contribution >= 4 is 11.9 Å². The van der Waals surface area contributed by atoms with Gasteiger partial charge in [-0.1, -0.05) is 38.3 Å². The number of rotatable bonds is 7. The van der Waals surface area contributed by atoms with E-state index in [-0.39, 0.29) is 12.0 Å². The first-order chi connectivity index (χ1) is 9.15. The third kappa shape index (κ3) is 2.97. The molecule has 0 spiro atoms. The van der Waals surface area contributed by atoms with Crippen LogP contribution < -0.4 is 5.32 Å². The topological polar surface area (TPSA) is 75.6 Å². The van der Waals surface area contributed by atoms with E-state index in [0.717, 1.165) is 25.7 Å². The van der Waals surface area contributed by atoms with Crippen molar-refractivity contribution in [1.29, 1.82) is 0 Å². The molecule has 0 saturated carbocycles. The fourth-order valence-electron chi connectivity index (χ4n) is 2.80. The second-order valence-corrected chi connectivity index (χ2v) is 5.19. The number of fused-ring (bicyclic) bond motifs is 2. The van der Waals surface area contributed by atoms with Crippen LogP contribution in [-0.4, -0.2) is 35.7 Å². The first kappa shape index (κ1) is 14.1. The summed E-state index contributed by atoms with van der Waals surface area (Å²) in [6.07, 6.45) is 7.06. The quantitative estimate of drug-likeness (QED) is 0.539. The number of amides is 1. The van der Waals surface area contributed by atoms with Gasteiger partial charge in [0, 0.05) is 6.54 Å². The Morgan fingerprint density at radius 2 is 1.84 bits per heavy atom. The minimum absolute atomic E-state index is 0.194. The standard InChI is InChI=1S/C14H21NO4/c1-2-3-4-5-8-15-13(16)11-9-6-7-10(19-9)12(11)14(17)18/h6-7,9-12H,2-5,8H2,1H3,(H,15,16)(H,17,18)/t9-,10+,11+,12+/m1/s1. The summed E-state index contributed by atoms with van der Waals surface area (Å²) in [4.78, 5) is 23.3. The normalized spacial score (nSPS) is 31.6. The van der Waals surface area contributed by atoms with Gasteiger partial charge in [0.25, 0.3) is 0 Å². The van der Waals surface area contributed by atoms with Crippen molar-refractivity contribution in [2.45, 2.75) is 44.8 Å². The third-order valence-corrected chi connectivity index (χ3v) is 3.82. The zero-order valence-electron chi connectivity index (χ0n) is 11.2. The molecule has 0 aromatic carbocycles. The molecule has 0 unspecified atom stereocenters. The average molecular weight is 267 g/mol. The van der Waals surface area contributed by atoms with Crippen LogP contribution in [0.5, 0.6) is 0 Å². The largest absolute Gasteiger partial charge is 0.481 e. The summed E-state index contributed by atoms with van der Waals surface area (Å²) in [7, 11) is 0. The lowest BCUT2D eigenvalue weighted by atomic mass is 9.82. The van der Waals surface area contributed by atoms with Gasteiger partial charge in [-0.15, -0.1) is 0 Å². The molecule has 19 heavy (non-hydrogen) atoms. The molecule has 2 bridgehead atoms. The lowest BCUT2D eigenvalue weighted by molar-refractivity contribution is -0.146. The minimum Gasteiger partial charge on any atom is -0.481 e. The Hall–Kier alpha value is -1.36. The van der Waals surface area contributed by atoms with E-state index >= 15 is 0 Å². The highest BCUT2D eigenvalue weighted by Gasteiger charge is 2.52. The van der Waals surface area contributed by atoms with E-state index in [1.54, 1.807) is 12.2 Å².